The Labute approximate surface area is 263 Å². The maximum absolute atomic E-state index is 14.3. The smallest absolute Gasteiger partial charge is 0.264 e. The summed E-state index contributed by atoms with van der Waals surface area (Å²) in [6.07, 6.45) is 0.201. The number of nitrogens with zero attached hydrogens (tertiary/aromatic N) is 2. The van der Waals surface area contributed by atoms with E-state index < -0.39 is 34.4 Å². The monoisotopic (exact) mass is 637 g/mol. The van der Waals surface area contributed by atoms with Crippen LogP contribution in [0.3, 0.4) is 0 Å². The van der Waals surface area contributed by atoms with E-state index in [9.17, 15) is 18.0 Å². The summed E-state index contributed by atoms with van der Waals surface area (Å²) in [5.74, 6) is -0.975. The average Bonchev–Trinajstić information content (AvgIpc) is 2.99. The first-order valence-corrected chi connectivity index (χ1v) is 15.8. The van der Waals surface area contributed by atoms with Gasteiger partial charge in [0.05, 0.1) is 10.6 Å². The summed E-state index contributed by atoms with van der Waals surface area (Å²) in [5.41, 5.74) is 3.55. The highest BCUT2D eigenvalue weighted by Crippen LogP contribution is 2.27. The van der Waals surface area contributed by atoms with Crippen molar-refractivity contribution in [3.8, 4) is 0 Å². The van der Waals surface area contributed by atoms with Crippen LogP contribution in [0.2, 0.25) is 10.0 Å². The summed E-state index contributed by atoms with van der Waals surface area (Å²) in [7, 11) is -2.67. The molecule has 0 saturated carbocycles. The van der Waals surface area contributed by atoms with Gasteiger partial charge in [-0.3, -0.25) is 13.9 Å². The molecule has 1 N–H and O–H groups in total. The van der Waals surface area contributed by atoms with Crippen LogP contribution in [0, 0.1) is 13.8 Å². The van der Waals surface area contributed by atoms with Crippen molar-refractivity contribution in [1.82, 2.24) is 10.2 Å². The highest BCUT2D eigenvalue weighted by molar-refractivity contribution is 7.92. The van der Waals surface area contributed by atoms with Gasteiger partial charge in [0.15, 0.2) is 0 Å². The molecule has 0 aliphatic carbocycles. The largest absolute Gasteiger partial charge is 0.357 e. The van der Waals surface area contributed by atoms with E-state index in [4.69, 9.17) is 23.2 Å². The van der Waals surface area contributed by atoms with E-state index in [1.165, 1.54) is 24.1 Å². The molecule has 4 rings (SSSR count). The number of aryl methyl sites for hydroxylation is 2. The molecule has 224 valence electrons. The first-order chi connectivity index (χ1) is 20.5. The van der Waals surface area contributed by atoms with Gasteiger partial charge in [-0.05, 0) is 61.4 Å². The Balaban J connectivity index is 1.80. The number of halogens is 2. The number of amides is 2. The van der Waals surface area contributed by atoms with Gasteiger partial charge < -0.3 is 10.2 Å². The van der Waals surface area contributed by atoms with Crippen molar-refractivity contribution in [2.75, 3.05) is 17.9 Å². The number of hydrogen-bond acceptors (Lipinski definition) is 4. The molecule has 0 heterocycles. The second kappa shape index (κ2) is 14.1. The van der Waals surface area contributed by atoms with Crippen LogP contribution >= 0.6 is 23.2 Å². The number of nitrogens with one attached hydrogen (secondary N) is 1. The lowest BCUT2D eigenvalue weighted by Crippen LogP contribution is -2.53. The topological polar surface area (TPSA) is 86.8 Å². The lowest BCUT2D eigenvalue weighted by Gasteiger charge is -2.33. The summed E-state index contributed by atoms with van der Waals surface area (Å²) in [5, 5.41) is 3.41. The minimum absolute atomic E-state index is 0.0471. The molecule has 2 amide bonds. The fraction of sp³-hybridized carbons (Fsp3) is 0.212. The minimum atomic E-state index is -4.17. The molecule has 0 aromatic heterocycles. The predicted molar refractivity (Wildman–Crippen MR) is 172 cm³/mol. The van der Waals surface area contributed by atoms with Gasteiger partial charge >= 0.3 is 0 Å². The Kier molecular flexibility index (Phi) is 10.5. The number of benzene rings is 4. The van der Waals surface area contributed by atoms with Gasteiger partial charge in [0.25, 0.3) is 10.0 Å². The second-order valence-electron chi connectivity index (χ2n) is 10.2. The molecule has 0 aliphatic heterocycles. The van der Waals surface area contributed by atoms with Crippen molar-refractivity contribution in [2.24, 2.45) is 0 Å². The molecule has 0 aliphatic rings. The van der Waals surface area contributed by atoms with E-state index in [1.54, 1.807) is 54.6 Å². The van der Waals surface area contributed by atoms with Crippen molar-refractivity contribution in [3.63, 3.8) is 0 Å². The van der Waals surface area contributed by atoms with Gasteiger partial charge in [-0.2, -0.15) is 0 Å². The molecule has 1 unspecified atom stereocenters. The van der Waals surface area contributed by atoms with E-state index in [2.05, 4.69) is 5.32 Å². The van der Waals surface area contributed by atoms with Gasteiger partial charge in [0.2, 0.25) is 11.8 Å². The number of carbonyl (C=O) groups is 2. The fourth-order valence-corrected chi connectivity index (χ4v) is 6.51. The molecule has 0 radical (unpaired) electrons. The minimum Gasteiger partial charge on any atom is -0.357 e. The number of sulfonamides is 1. The highest BCUT2D eigenvalue weighted by atomic mass is 35.5. The molecule has 4 aromatic carbocycles. The maximum atomic E-state index is 14.3. The zero-order valence-corrected chi connectivity index (χ0v) is 26.5. The predicted octanol–water partition coefficient (Wildman–Crippen LogP) is 6.19. The Morgan fingerprint density at radius 2 is 1.44 bits per heavy atom. The molecule has 10 heteroatoms. The van der Waals surface area contributed by atoms with Crippen LogP contribution < -0.4 is 9.62 Å². The third-order valence-corrected chi connectivity index (χ3v) is 9.46. The first kappa shape index (κ1) is 32.1. The molecule has 0 spiro atoms. The second-order valence-corrected chi connectivity index (χ2v) is 12.9. The Bertz CT molecular complexity index is 1680. The molecule has 7 nitrogen and oxygen atoms in total. The van der Waals surface area contributed by atoms with Gasteiger partial charge in [-0.25, -0.2) is 8.42 Å². The number of rotatable bonds is 11. The van der Waals surface area contributed by atoms with E-state index >= 15 is 0 Å². The average molecular weight is 639 g/mol. The lowest BCUT2D eigenvalue weighted by molar-refractivity contribution is -0.139. The molecular weight excluding hydrogens is 605 g/mol. The van der Waals surface area contributed by atoms with Crippen LogP contribution in [-0.4, -0.2) is 44.8 Å². The van der Waals surface area contributed by atoms with E-state index in [0.717, 1.165) is 21.0 Å². The molecule has 0 bridgehead atoms. The molecule has 0 fully saturated rings. The first-order valence-electron chi connectivity index (χ1n) is 13.6. The molecular formula is C33H33Cl2N3O4S. The molecule has 0 saturated heterocycles. The molecule has 1 atom stereocenters. The Hall–Kier alpha value is -3.85. The van der Waals surface area contributed by atoms with Crippen LogP contribution in [0.5, 0.6) is 0 Å². The van der Waals surface area contributed by atoms with E-state index in [-0.39, 0.29) is 17.9 Å². The van der Waals surface area contributed by atoms with Crippen molar-refractivity contribution in [1.29, 1.82) is 0 Å². The van der Waals surface area contributed by atoms with E-state index in [1.807, 2.05) is 44.2 Å². The van der Waals surface area contributed by atoms with Crippen molar-refractivity contribution in [2.45, 2.75) is 37.8 Å². The van der Waals surface area contributed by atoms with Gasteiger partial charge in [-0.15, -0.1) is 0 Å². The summed E-state index contributed by atoms with van der Waals surface area (Å²) in [6, 6.07) is 26.6. The third-order valence-electron chi connectivity index (χ3n) is 7.08. The van der Waals surface area contributed by atoms with Crippen LogP contribution in [0.25, 0.3) is 0 Å². The van der Waals surface area contributed by atoms with Gasteiger partial charge in [0, 0.05) is 30.1 Å². The number of hydrogen-bond donors (Lipinski definition) is 1. The van der Waals surface area contributed by atoms with Crippen LogP contribution in [0.4, 0.5) is 5.69 Å². The quantitative estimate of drug-likeness (QED) is 0.212. The Morgan fingerprint density at radius 1 is 0.837 bits per heavy atom. The lowest BCUT2D eigenvalue weighted by atomic mass is 10.0. The van der Waals surface area contributed by atoms with Gasteiger partial charge in [0.1, 0.15) is 12.6 Å². The van der Waals surface area contributed by atoms with Gasteiger partial charge in [-0.1, -0.05) is 95.0 Å². The van der Waals surface area contributed by atoms with Crippen LogP contribution in [-0.2, 0) is 32.6 Å². The summed E-state index contributed by atoms with van der Waals surface area (Å²) in [4.78, 5) is 29.1. The zero-order valence-electron chi connectivity index (χ0n) is 24.1. The van der Waals surface area contributed by atoms with Crippen LogP contribution in [0.1, 0.15) is 22.3 Å². The summed E-state index contributed by atoms with van der Waals surface area (Å²) in [6.45, 7) is 3.16. The van der Waals surface area contributed by atoms with Crippen molar-refractivity contribution in [3.05, 3.63) is 129 Å². The zero-order chi connectivity index (χ0) is 31.1. The molecule has 43 heavy (non-hydrogen) atoms. The number of carbonyl (C=O) groups excluding carboxylic acids is 2. The Morgan fingerprint density at radius 3 is 2.02 bits per heavy atom. The standard InChI is InChI=1S/C33H33Cl2N3O4S/c1-23-9-15-28(16-10-23)38(43(41,42)29-17-11-24(2)12-18-29)22-32(39)37(21-26-13-14-27(34)20-30(26)35)31(33(40)36-3)19-25-7-5-4-6-8-25/h4-18,20,31H,19,21-22H2,1-3H3,(H,36,40). The third kappa shape index (κ3) is 7.96. The number of anilines is 1. The fourth-order valence-electron chi connectivity index (χ4n) is 4.63. The summed E-state index contributed by atoms with van der Waals surface area (Å²) >= 11 is 12.6. The highest BCUT2D eigenvalue weighted by Gasteiger charge is 2.34. The molecule has 4 aromatic rings. The number of likely N-dealkylation sites (N-methyl/N-ethyl adjacent to an activating group) is 1. The maximum Gasteiger partial charge on any atom is 0.264 e. The SMILES string of the molecule is CNC(=O)C(Cc1ccccc1)N(Cc1ccc(Cl)cc1Cl)C(=O)CN(c1ccc(C)cc1)S(=O)(=O)c1ccc(C)cc1. The normalized spacial score (nSPS) is 11.9. The van der Waals surface area contributed by atoms with Crippen molar-refractivity contribution < 1.29 is 18.0 Å². The van der Waals surface area contributed by atoms with E-state index in [0.29, 0.717) is 21.3 Å². The van der Waals surface area contributed by atoms with Crippen molar-refractivity contribution >= 4 is 50.7 Å². The van der Waals surface area contributed by atoms with Crippen LogP contribution in [0.15, 0.2) is 102 Å². The summed E-state index contributed by atoms with van der Waals surface area (Å²) < 4.78 is 29.1.